The van der Waals surface area contributed by atoms with Crippen molar-refractivity contribution < 1.29 is 0 Å². The van der Waals surface area contributed by atoms with E-state index in [-0.39, 0.29) is 11.0 Å². The third-order valence-electron chi connectivity index (χ3n) is 2.76. The van der Waals surface area contributed by atoms with E-state index < -0.39 is 0 Å². The van der Waals surface area contributed by atoms with Crippen molar-refractivity contribution in [2.24, 2.45) is 0 Å². The van der Waals surface area contributed by atoms with Gasteiger partial charge >= 0.3 is 0 Å². The average molecular weight is 208 g/mol. The Morgan fingerprint density at radius 1 is 0.933 bits per heavy atom. The Hall–Kier alpha value is -0.790. The standard InChI is InChI=1S/C13H24N2/c1-9-10(2)15(13(6,7)8)14-11(9)12(3,4)5/h1-8H3. The number of nitrogens with zero attached hydrogens (tertiary/aromatic N) is 2. The molecule has 0 bridgehead atoms. The number of rotatable bonds is 0. The molecule has 0 fully saturated rings. The SMILES string of the molecule is Cc1c(C(C)(C)C)nn(C(C)(C)C)c1C. The molecule has 0 amide bonds. The van der Waals surface area contributed by atoms with E-state index >= 15 is 0 Å². The first-order valence-electron chi connectivity index (χ1n) is 5.62. The van der Waals surface area contributed by atoms with Crippen LogP contribution in [0.2, 0.25) is 0 Å². The van der Waals surface area contributed by atoms with Crippen molar-refractivity contribution in [2.75, 3.05) is 0 Å². The zero-order chi connectivity index (χ0) is 12.0. The summed E-state index contributed by atoms with van der Waals surface area (Å²) in [7, 11) is 0. The Morgan fingerprint density at radius 2 is 1.40 bits per heavy atom. The quantitative estimate of drug-likeness (QED) is 0.637. The number of hydrogen-bond donors (Lipinski definition) is 0. The van der Waals surface area contributed by atoms with Gasteiger partial charge in [-0.25, -0.2) is 0 Å². The molecule has 0 aromatic carbocycles. The molecular formula is C13H24N2. The van der Waals surface area contributed by atoms with Crippen LogP contribution in [-0.4, -0.2) is 9.78 Å². The molecule has 1 aromatic rings. The molecule has 15 heavy (non-hydrogen) atoms. The first kappa shape index (κ1) is 12.3. The highest BCUT2D eigenvalue weighted by molar-refractivity contribution is 5.29. The van der Waals surface area contributed by atoms with Crippen molar-refractivity contribution in [3.05, 3.63) is 17.0 Å². The molecule has 0 atom stereocenters. The largest absolute Gasteiger partial charge is 0.264 e. The molecule has 2 heteroatoms. The minimum absolute atomic E-state index is 0.0678. The van der Waals surface area contributed by atoms with Crippen molar-refractivity contribution in [2.45, 2.75) is 66.3 Å². The predicted molar refractivity (Wildman–Crippen MR) is 65.4 cm³/mol. The Kier molecular flexibility index (Phi) is 2.75. The summed E-state index contributed by atoms with van der Waals surface area (Å²) in [5, 5.41) is 4.77. The smallest absolute Gasteiger partial charge is 0.0710 e. The van der Waals surface area contributed by atoms with Crippen molar-refractivity contribution in [1.82, 2.24) is 9.78 Å². The zero-order valence-electron chi connectivity index (χ0n) is 11.4. The molecule has 0 radical (unpaired) electrons. The molecule has 0 aliphatic rings. The van der Waals surface area contributed by atoms with Crippen LogP contribution in [0.25, 0.3) is 0 Å². The monoisotopic (exact) mass is 208 g/mol. The Bertz CT molecular complexity index is 325. The second-order valence-corrected chi connectivity index (χ2v) is 6.39. The summed E-state index contributed by atoms with van der Waals surface area (Å²) in [6.45, 7) is 17.6. The van der Waals surface area contributed by atoms with Gasteiger partial charge in [-0.3, -0.25) is 4.68 Å². The minimum Gasteiger partial charge on any atom is -0.264 e. The highest BCUT2D eigenvalue weighted by Gasteiger charge is 2.26. The van der Waals surface area contributed by atoms with Crippen LogP contribution < -0.4 is 0 Å². The van der Waals surface area contributed by atoms with Crippen molar-refractivity contribution >= 4 is 0 Å². The van der Waals surface area contributed by atoms with E-state index in [1.54, 1.807) is 0 Å². The Morgan fingerprint density at radius 3 is 1.60 bits per heavy atom. The van der Waals surface area contributed by atoms with Gasteiger partial charge < -0.3 is 0 Å². The highest BCUT2D eigenvalue weighted by atomic mass is 15.3. The van der Waals surface area contributed by atoms with Crippen LogP contribution in [0.5, 0.6) is 0 Å². The van der Waals surface area contributed by atoms with E-state index in [4.69, 9.17) is 5.10 Å². The topological polar surface area (TPSA) is 17.8 Å². The van der Waals surface area contributed by atoms with E-state index in [9.17, 15) is 0 Å². The van der Waals surface area contributed by atoms with Gasteiger partial charge in [0.2, 0.25) is 0 Å². The van der Waals surface area contributed by atoms with Crippen molar-refractivity contribution in [3.63, 3.8) is 0 Å². The maximum absolute atomic E-state index is 4.77. The van der Waals surface area contributed by atoms with E-state index in [1.807, 2.05) is 0 Å². The van der Waals surface area contributed by atoms with Crippen LogP contribution in [0.3, 0.4) is 0 Å². The van der Waals surface area contributed by atoms with Crippen LogP contribution in [0.1, 0.15) is 58.5 Å². The number of aromatic nitrogens is 2. The Balaban J connectivity index is 3.38. The highest BCUT2D eigenvalue weighted by Crippen LogP contribution is 2.28. The molecule has 0 saturated heterocycles. The van der Waals surface area contributed by atoms with Crippen LogP contribution in [0.4, 0.5) is 0 Å². The molecule has 2 nitrogen and oxygen atoms in total. The lowest BCUT2D eigenvalue weighted by Gasteiger charge is -2.22. The summed E-state index contributed by atoms with van der Waals surface area (Å²) in [6.07, 6.45) is 0. The molecular weight excluding hydrogens is 184 g/mol. The fourth-order valence-electron chi connectivity index (χ4n) is 1.95. The lowest BCUT2D eigenvalue weighted by molar-refractivity contribution is 0.341. The maximum atomic E-state index is 4.77. The summed E-state index contributed by atoms with van der Waals surface area (Å²) in [4.78, 5) is 0. The first-order valence-corrected chi connectivity index (χ1v) is 5.62. The molecule has 0 spiro atoms. The van der Waals surface area contributed by atoms with Crippen LogP contribution in [0, 0.1) is 13.8 Å². The second-order valence-electron chi connectivity index (χ2n) is 6.39. The molecule has 1 aromatic heterocycles. The van der Waals surface area contributed by atoms with Gasteiger partial charge in [-0.15, -0.1) is 0 Å². The summed E-state index contributed by atoms with van der Waals surface area (Å²) >= 11 is 0. The summed E-state index contributed by atoms with van der Waals surface area (Å²) in [6, 6.07) is 0. The lowest BCUT2D eigenvalue weighted by atomic mass is 9.89. The third kappa shape index (κ3) is 2.24. The van der Waals surface area contributed by atoms with Crippen molar-refractivity contribution in [1.29, 1.82) is 0 Å². The summed E-state index contributed by atoms with van der Waals surface area (Å²) in [5.74, 6) is 0. The molecule has 1 rings (SSSR count). The normalized spacial score (nSPS) is 13.3. The zero-order valence-corrected chi connectivity index (χ0v) is 11.4. The molecule has 0 unspecified atom stereocenters. The van der Waals surface area contributed by atoms with E-state index in [0.29, 0.717) is 0 Å². The van der Waals surface area contributed by atoms with Gasteiger partial charge in [-0.1, -0.05) is 20.8 Å². The van der Waals surface area contributed by atoms with E-state index in [1.165, 1.54) is 17.0 Å². The van der Waals surface area contributed by atoms with E-state index in [0.717, 1.165) is 0 Å². The first-order chi connectivity index (χ1) is 6.55. The fourth-order valence-corrected chi connectivity index (χ4v) is 1.95. The molecule has 0 aliphatic carbocycles. The van der Waals surface area contributed by atoms with E-state index in [2.05, 4.69) is 60.1 Å². The van der Waals surface area contributed by atoms with Gasteiger partial charge in [0.1, 0.15) is 0 Å². The average Bonchev–Trinajstić information content (AvgIpc) is 2.26. The number of hydrogen-bond acceptors (Lipinski definition) is 1. The maximum Gasteiger partial charge on any atom is 0.0710 e. The van der Waals surface area contributed by atoms with Crippen LogP contribution in [-0.2, 0) is 11.0 Å². The lowest BCUT2D eigenvalue weighted by Crippen LogP contribution is -2.25. The predicted octanol–water partition coefficient (Wildman–Crippen LogP) is 3.55. The minimum atomic E-state index is 0.0678. The third-order valence-corrected chi connectivity index (χ3v) is 2.76. The Labute approximate surface area is 93.7 Å². The van der Waals surface area contributed by atoms with Gasteiger partial charge in [-0.05, 0) is 40.2 Å². The van der Waals surface area contributed by atoms with Crippen molar-refractivity contribution in [3.8, 4) is 0 Å². The van der Waals surface area contributed by atoms with Gasteiger partial charge in [0, 0.05) is 11.1 Å². The van der Waals surface area contributed by atoms with Crippen LogP contribution in [0.15, 0.2) is 0 Å². The summed E-state index contributed by atoms with van der Waals surface area (Å²) in [5.41, 5.74) is 4.03. The van der Waals surface area contributed by atoms with Gasteiger partial charge in [0.25, 0.3) is 0 Å². The summed E-state index contributed by atoms with van der Waals surface area (Å²) < 4.78 is 2.14. The molecule has 0 aliphatic heterocycles. The van der Waals surface area contributed by atoms with Gasteiger partial charge in [0.15, 0.2) is 0 Å². The van der Waals surface area contributed by atoms with Gasteiger partial charge in [-0.2, -0.15) is 5.10 Å². The second kappa shape index (κ2) is 3.36. The van der Waals surface area contributed by atoms with Crippen LogP contribution >= 0.6 is 0 Å². The fraction of sp³-hybridized carbons (Fsp3) is 0.769. The molecule has 86 valence electrons. The molecule has 1 heterocycles. The van der Waals surface area contributed by atoms with Gasteiger partial charge in [0.05, 0.1) is 11.2 Å². The molecule has 0 N–H and O–H groups in total. The molecule has 0 saturated carbocycles.